The fraction of sp³-hybridized carbons (Fsp3) is 0.158. The molecule has 0 aliphatic heterocycles. The molecule has 0 aliphatic rings. The summed E-state index contributed by atoms with van der Waals surface area (Å²) in [5, 5.41) is 12.8. The van der Waals surface area contributed by atoms with Gasteiger partial charge in [0.15, 0.2) is 0 Å². The Morgan fingerprint density at radius 1 is 0.857 bits per heavy atom. The van der Waals surface area contributed by atoms with Crippen LogP contribution in [0, 0.1) is 0 Å². The summed E-state index contributed by atoms with van der Waals surface area (Å²) < 4.78 is 0. The van der Waals surface area contributed by atoms with Gasteiger partial charge in [0.1, 0.15) is 0 Å². The molecule has 2 heteroatoms. The van der Waals surface area contributed by atoms with Crippen molar-refractivity contribution >= 4 is 16.5 Å². The summed E-state index contributed by atoms with van der Waals surface area (Å²) in [6.07, 6.45) is 0. The lowest BCUT2D eigenvalue weighted by molar-refractivity contribution is 0.0793. The molecule has 3 aromatic rings. The van der Waals surface area contributed by atoms with E-state index < -0.39 is 5.60 Å². The molecule has 0 aliphatic carbocycles. The molecule has 106 valence electrons. The van der Waals surface area contributed by atoms with Crippen molar-refractivity contribution in [3.8, 4) is 11.1 Å². The van der Waals surface area contributed by atoms with Crippen LogP contribution < -0.4 is 5.73 Å². The topological polar surface area (TPSA) is 46.2 Å². The minimum atomic E-state index is -0.902. The van der Waals surface area contributed by atoms with Crippen LogP contribution >= 0.6 is 0 Å². The Balaban J connectivity index is 2.38. The Morgan fingerprint density at radius 3 is 2.19 bits per heavy atom. The predicted octanol–water partition coefficient (Wildman–Crippen LogP) is 4.32. The summed E-state index contributed by atoms with van der Waals surface area (Å²) >= 11 is 0. The first-order chi connectivity index (χ1) is 9.97. The first-order valence-electron chi connectivity index (χ1n) is 7.07. The highest BCUT2D eigenvalue weighted by molar-refractivity contribution is 5.98. The van der Waals surface area contributed by atoms with Crippen molar-refractivity contribution in [3.63, 3.8) is 0 Å². The molecule has 0 aromatic heterocycles. The third-order valence-corrected chi connectivity index (χ3v) is 3.79. The third-order valence-electron chi connectivity index (χ3n) is 3.79. The van der Waals surface area contributed by atoms with Crippen molar-refractivity contribution in [1.29, 1.82) is 0 Å². The van der Waals surface area contributed by atoms with E-state index in [1.165, 1.54) is 0 Å². The lowest BCUT2D eigenvalue weighted by Crippen LogP contribution is -2.17. The molecule has 0 saturated carbocycles. The average molecular weight is 277 g/mol. The number of aliphatic hydroxyl groups is 1. The van der Waals surface area contributed by atoms with Crippen LogP contribution in [0.2, 0.25) is 0 Å². The quantitative estimate of drug-likeness (QED) is 0.685. The van der Waals surface area contributed by atoms with Crippen molar-refractivity contribution in [2.75, 3.05) is 5.73 Å². The minimum Gasteiger partial charge on any atom is -0.399 e. The van der Waals surface area contributed by atoms with Crippen LogP contribution in [0.25, 0.3) is 21.9 Å². The van der Waals surface area contributed by atoms with Crippen molar-refractivity contribution in [3.05, 3.63) is 66.2 Å². The highest BCUT2D eigenvalue weighted by Crippen LogP contribution is 2.37. The van der Waals surface area contributed by atoms with Crippen LogP contribution in [0.3, 0.4) is 0 Å². The fourth-order valence-corrected chi connectivity index (χ4v) is 2.74. The molecule has 3 N–H and O–H groups in total. The van der Waals surface area contributed by atoms with Crippen LogP contribution in [0.4, 0.5) is 5.69 Å². The van der Waals surface area contributed by atoms with Gasteiger partial charge in [0, 0.05) is 5.69 Å². The maximum absolute atomic E-state index is 10.5. The SMILES string of the molecule is CC(C)(O)c1ccc2ccccc2c1-c1ccc(N)cc1. The van der Waals surface area contributed by atoms with Crippen molar-refractivity contribution in [2.24, 2.45) is 0 Å². The number of hydrogen-bond acceptors (Lipinski definition) is 2. The first kappa shape index (κ1) is 13.7. The van der Waals surface area contributed by atoms with Gasteiger partial charge < -0.3 is 10.8 Å². The molecule has 0 spiro atoms. The van der Waals surface area contributed by atoms with Gasteiger partial charge >= 0.3 is 0 Å². The number of rotatable bonds is 2. The van der Waals surface area contributed by atoms with Gasteiger partial charge in [0.05, 0.1) is 5.60 Å². The number of nitrogen functional groups attached to an aromatic ring is 1. The van der Waals surface area contributed by atoms with Crippen LogP contribution in [0.5, 0.6) is 0 Å². The van der Waals surface area contributed by atoms with Crippen LogP contribution in [0.15, 0.2) is 60.7 Å². The van der Waals surface area contributed by atoms with E-state index in [1.807, 2.05) is 56.3 Å². The molecule has 0 unspecified atom stereocenters. The van der Waals surface area contributed by atoms with Crippen LogP contribution in [-0.2, 0) is 5.60 Å². The van der Waals surface area contributed by atoms with E-state index in [0.717, 1.165) is 33.2 Å². The van der Waals surface area contributed by atoms with E-state index in [9.17, 15) is 5.11 Å². The normalized spacial score (nSPS) is 11.8. The molecule has 0 amide bonds. The molecule has 0 bridgehead atoms. The summed E-state index contributed by atoms with van der Waals surface area (Å²) in [4.78, 5) is 0. The summed E-state index contributed by atoms with van der Waals surface area (Å²) in [6, 6.07) is 20.1. The summed E-state index contributed by atoms with van der Waals surface area (Å²) in [7, 11) is 0. The molecule has 21 heavy (non-hydrogen) atoms. The maximum Gasteiger partial charge on any atom is 0.0846 e. The molecule has 0 heterocycles. The molecule has 0 saturated heterocycles. The van der Waals surface area contributed by atoms with E-state index in [-0.39, 0.29) is 0 Å². The number of benzene rings is 3. The van der Waals surface area contributed by atoms with Gasteiger partial charge in [0.2, 0.25) is 0 Å². The Labute approximate surface area is 124 Å². The maximum atomic E-state index is 10.5. The molecule has 3 aromatic carbocycles. The Morgan fingerprint density at radius 2 is 1.52 bits per heavy atom. The van der Waals surface area contributed by atoms with E-state index >= 15 is 0 Å². The monoisotopic (exact) mass is 277 g/mol. The average Bonchev–Trinajstić information content (AvgIpc) is 2.46. The molecular formula is C19H19NO. The van der Waals surface area contributed by atoms with Gasteiger partial charge in [-0.15, -0.1) is 0 Å². The molecular weight excluding hydrogens is 258 g/mol. The zero-order chi connectivity index (χ0) is 15.0. The van der Waals surface area contributed by atoms with Gasteiger partial charge in [-0.2, -0.15) is 0 Å². The van der Waals surface area contributed by atoms with Gasteiger partial charge in [-0.25, -0.2) is 0 Å². The summed E-state index contributed by atoms with van der Waals surface area (Å²) in [5.41, 5.74) is 8.69. The number of nitrogens with two attached hydrogens (primary N) is 1. The van der Waals surface area contributed by atoms with Crippen LogP contribution in [-0.4, -0.2) is 5.11 Å². The largest absolute Gasteiger partial charge is 0.399 e. The van der Waals surface area contributed by atoms with E-state index in [0.29, 0.717) is 0 Å². The first-order valence-corrected chi connectivity index (χ1v) is 7.07. The Bertz CT molecular complexity index is 783. The highest BCUT2D eigenvalue weighted by Gasteiger charge is 2.22. The Hall–Kier alpha value is -2.32. The second kappa shape index (κ2) is 4.90. The number of fused-ring (bicyclic) bond motifs is 1. The lowest BCUT2D eigenvalue weighted by atomic mass is 9.86. The fourth-order valence-electron chi connectivity index (χ4n) is 2.74. The third kappa shape index (κ3) is 2.50. The summed E-state index contributed by atoms with van der Waals surface area (Å²) in [5.74, 6) is 0. The zero-order valence-corrected chi connectivity index (χ0v) is 12.3. The van der Waals surface area contributed by atoms with Crippen molar-refractivity contribution < 1.29 is 5.11 Å². The Kier molecular flexibility index (Phi) is 3.19. The molecule has 0 radical (unpaired) electrons. The van der Waals surface area contributed by atoms with Crippen molar-refractivity contribution in [2.45, 2.75) is 19.4 Å². The second-order valence-electron chi connectivity index (χ2n) is 5.89. The van der Waals surface area contributed by atoms with Crippen molar-refractivity contribution in [1.82, 2.24) is 0 Å². The summed E-state index contributed by atoms with van der Waals surface area (Å²) in [6.45, 7) is 3.63. The molecule has 0 atom stereocenters. The number of hydrogen-bond donors (Lipinski definition) is 2. The predicted molar refractivity (Wildman–Crippen MR) is 89.0 cm³/mol. The van der Waals surface area contributed by atoms with Gasteiger partial charge in [-0.05, 0) is 53.4 Å². The standard InChI is InChI=1S/C19H19NO/c1-19(2,21)17-12-9-13-5-3-4-6-16(13)18(17)14-7-10-15(20)11-8-14/h3-12,21H,20H2,1-2H3. The van der Waals surface area contributed by atoms with E-state index in [2.05, 4.69) is 18.2 Å². The smallest absolute Gasteiger partial charge is 0.0846 e. The lowest BCUT2D eigenvalue weighted by Gasteiger charge is -2.23. The molecule has 3 rings (SSSR count). The second-order valence-corrected chi connectivity index (χ2v) is 5.89. The minimum absolute atomic E-state index is 0.740. The van der Waals surface area contributed by atoms with Gasteiger partial charge in [-0.3, -0.25) is 0 Å². The van der Waals surface area contributed by atoms with Crippen LogP contribution in [0.1, 0.15) is 19.4 Å². The van der Waals surface area contributed by atoms with E-state index in [4.69, 9.17) is 5.73 Å². The highest BCUT2D eigenvalue weighted by atomic mass is 16.3. The van der Waals surface area contributed by atoms with Gasteiger partial charge in [-0.1, -0.05) is 48.5 Å². The van der Waals surface area contributed by atoms with E-state index in [1.54, 1.807) is 0 Å². The zero-order valence-electron chi connectivity index (χ0n) is 12.3. The molecule has 2 nitrogen and oxygen atoms in total. The molecule has 0 fully saturated rings. The van der Waals surface area contributed by atoms with Gasteiger partial charge in [0.25, 0.3) is 0 Å². The number of anilines is 1.